The molecule has 12 heteroatoms. The summed E-state index contributed by atoms with van der Waals surface area (Å²) in [6.07, 6.45) is 61.8. The van der Waals surface area contributed by atoms with E-state index in [-0.39, 0.29) is 80.3 Å². The number of fused-ring (bicyclic) bond motifs is 4. The van der Waals surface area contributed by atoms with Gasteiger partial charge >= 0.3 is 35.8 Å². The molecule has 8 bridgehead atoms. The van der Waals surface area contributed by atoms with E-state index in [4.69, 9.17) is 28.4 Å². The second kappa shape index (κ2) is 38.6. The molecule has 0 amide bonds. The van der Waals surface area contributed by atoms with Crippen molar-refractivity contribution < 1.29 is 57.2 Å². The summed E-state index contributed by atoms with van der Waals surface area (Å²) in [6, 6.07) is 0. The highest BCUT2D eigenvalue weighted by atomic mass is 16.6. The Balaban J connectivity index is 0.000000151. The van der Waals surface area contributed by atoms with Gasteiger partial charge in [0.05, 0.1) is 0 Å². The van der Waals surface area contributed by atoms with Gasteiger partial charge in [0, 0.05) is 57.6 Å². The Hall–Kier alpha value is -4.74. The summed E-state index contributed by atoms with van der Waals surface area (Å²) >= 11 is 0. The van der Waals surface area contributed by atoms with E-state index in [1.54, 1.807) is 20.8 Å². The number of unbranched alkanes of at least 4 members (excludes halogenated alkanes) is 2. The molecule has 0 aromatic rings. The van der Waals surface area contributed by atoms with Gasteiger partial charge in [-0.25, -0.2) is 28.8 Å². The molecule has 0 N–H and O–H groups in total. The highest BCUT2D eigenvalue weighted by Crippen LogP contribution is 2.67. The average molecular weight is 1510 g/mol. The van der Waals surface area contributed by atoms with E-state index in [0.29, 0.717) is 28.6 Å². The standard InChI is InChI=1S/C20H32O2.C19H30O2.2C15H24O2.2C14H22O2/c1-5-6-7-19(4,22-18(21)14(2)3)20-11-15-8-16(12-20)10-17(9-15)13-20;1-4-6-7-18(3,21-17(20)5-2)19-11-14-8-15(12-19)10-16(9-14)13-19;1-11(2)14(16)17-15(3)10-6-8-12-7-4-5-9-13(12)15;1-11(2)14(16)17-15(3)9-8-12-6-4-5-7-13(12)10-15;1-3-13(15)16-14(2)10-6-8-11-7-4-5-9-12(11)14;1-3-13(15)16-14(2)9-8-11-6-4-5-7-12(11)10-14/h15-17H,2,5-13H2,1,3-4H3;5,14-16H,2,4,6-13H2,1,3H3;2*12-13H,1,4-10H2,2-3H3;2*3,11-12H,1,4-10H2,2H3. The Bertz CT molecular complexity index is 3070. The van der Waals surface area contributed by atoms with Crippen molar-refractivity contribution in [3.8, 4) is 0 Å². The molecule has 0 saturated heterocycles. The van der Waals surface area contributed by atoms with E-state index in [1.807, 2.05) is 0 Å². The van der Waals surface area contributed by atoms with Crippen LogP contribution >= 0.6 is 0 Å². The second-order valence-electron chi connectivity index (χ2n) is 40.2. The summed E-state index contributed by atoms with van der Waals surface area (Å²) < 4.78 is 34.7. The lowest BCUT2D eigenvalue weighted by atomic mass is 9.45. The molecule has 14 unspecified atom stereocenters. The van der Waals surface area contributed by atoms with Crippen LogP contribution in [0.1, 0.15) is 372 Å². The first-order chi connectivity index (χ1) is 51.7. The number of hydrogen-bond donors (Lipinski definition) is 0. The predicted molar refractivity (Wildman–Crippen MR) is 439 cm³/mol. The lowest BCUT2D eigenvalue weighted by molar-refractivity contribution is -0.203. The maximum absolute atomic E-state index is 12.3. The van der Waals surface area contributed by atoms with Crippen LogP contribution in [0, 0.1) is 93.7 Å². The summed E-state index contributed by atoms with van der Waals surface area (Å²) in [7, 11) is 0. The summed E-state index contributed by atoms with van der Waals surface area (Å²) in [5.41, 5.74) is 0.525. The smallest absolute Gasteiger partial charge is 0.333 e. The summed E-state index contributed by atoms with van der Waals surface area (Å²) in [5, 5.41) is 0. The van der Waals surface area contributed by atoms with Gasteiger partial charge in [0.15, 0.2) is 0 Å². The molecule has 0 heterocycles. The van der Waals surface area contributed by atoms with Crippen LogP contribution < -0.4 is 0 Å². The van der Waals surface area contributed by atoms with E-state index in [9.17, 15) is 28.8 Å². The van der Waals surface area contributed by atoms with Gasteiger partial charge in [-0.2, -0.15) is 0 Å². The molecule has 12 nitrogen and oxygen atoms in total. The van der Waals surface area contributed by atoms with E-state index in [1.165, 1.54) is 237 Å². The number of carbonyl (C=O) groups excluding carboxylic acids is 6. The third-order valence-electron chi connectivity index (χ3n) is 31.4. The van der Waals surface area contributed by atoms with Crippen molar-refractivity contribution in [3.63, 3.8) is 0 Å². The van der Waals surface area contributed by atoms with Crippen molar-refractivity contribution in [1.82, 2.24) is 0 Å². The maximum Gasteiger partial charge on any atom is 0.333 e. The van der Waals surface area contributed by atoms with E-state index in [0.717, 1.165) is 148 Å². The molecule has 0 radical (unpaired) electrons. The van der Waals surface area contributed by atoms with Crippen LogP contribution in [0.5, 0.6) is 0 Å². The van der Waals surface area contributed by atoms with Crippen molar-refractivity contribution in [1.29, 1.82) is 0 Å². The van der Waals surface area contributed by atoms with Crippen LogP contribution in [0.2, 0.25) is 0 Å². The molecular weight excluding hydrogens is 1360 g/mol. The summed E-state index contributed by atoms with van der Waals surface area (Å²) in [5.74, 6) is 10.0. The topological polar surface area (TPSA) is 158 Å². The largest absolute Gasteiger partial charge is 0.456 e. The molecule has 16 saturated carbocycles. The van der Waals surface area contributed by atoms with Crippen LogP contribution in [0.4, 0.5) is 0 Å². The van der Waals surface area contributed by atoms with Gasteiger partial charge in [0.25, 0.3) is 0 Å². The minimum atomic E-state index is -0.297. The lowest BCUT2D eigenvalue weighted by Crippen LogP contribution is -2.58. The second-order valence-corrected chi connectivity index (χ2v) is 40.2. The van der Waals surface area contributed by atoms with Crippen LogP contribution in [0.25, 0.3) is 0 Å². The minimum absolute atomic E-state index is 0.186. The lowest BCUT2D eigenvalue weighted by Gasteiger charge is -2.62. The summed E-state index contributed by atoms with van der Waals surface area (Å²) in [4.78, 5) is 70.4. The predicted octanol–water partition coefficient (Wildman–Crippen LogP) is 24.8. The van der Waals surface area contributed by atoms with Gasteiger partial charge in [-0.05, 0) is 326 Å². The van der Waals surface area contributed by atoms with Crippen LogP contribution in [-0.4, -0.2) is 69.4 Å². The Morgan fingerprint density at radius 3 is 1.04 bits per heavy atom. The van der Waals surface area contributed by atoms with Gasteiger partial charge in [-0.15, -0.1) is 0 Å². The number of esters is 6. The van der Waals surface area contributed by atoms with Crippen molar-refractivity contribution >= 4 is 35.8 Å². The summed E-state index contributed by atoms with van der Waals surface area (Å²) in [6.45, 7) is 44.2. The molecule has 16 aliphatic rings. The highest BCUT2D eigenvalue weighted by molar-refractivity contribution is 5.88. The fourth-order valence-electron chi connectivity index (χ4n) is 26.2. The zero-order valence-electron chi connectivity index (χ0n) is 71.0. The average Bonchev–Trinajstić information content (AvgIpc) is 0.723. The molecule has 16 rings (SSSR count). The zero-order valence-corrected chi connectivity index (χ0v) is 71.0. The van der Waals surface area contributed by atoms with Crippen molar-refractivity contribution in [3.05, 3.63) is 74.4 Å². The number of rotatable bonds is 20. The first-order valence-corrected chi connectivity index (χ1v) is 44.9. The molecule has 16 fully saturated rings. The van der Waals surface area contributed by atoms with Gasteiger partial charge < -0.3 is 28.4 Å². The molecule has 614 valence electrons. The third-order valence-corrected chi connectivity index (χ3v) is 31.4. The molecular formula is C97H154O12. The fraction of sp³-hybridized carbons (Fsp3) is 0.814. The van der Waals surface area contributed by atoms with E-state index in [2.05, 4.69) is 94.9 Å². The Morgan fingerprint density at radius 1 is 0.358 bits per heavy atom. The number of carbonyl (C=O) groups is 6. The SMILES string of the molecule is C=C(C)C(=O)OC(C)(CCCC)C12CC3CC(CC(C3)C1)C2.C=C(C)C(=O)OC1(C)CCC2CCCCC2C1.C=C(C)C(=O)OC1(C)CCCC2CCCCC21.C=CC(=O)OC(C)(CCCC)C12CC3CC(CC(C3)C1)C2.C=CC(=O)OC1(C)CCC2CCCCC2C1.C=CC(=O)OC1(C)CCCC2CCCCC21. The van der Waals surface area contributed by atoms with E-state index < -0.39 is 0 Å². The molecule has 0 spiro atoms. The number of ether oxygens (including phenoxy) is 6. The molecule has 109 heavy (non-hydrogen) atoms. The Morgan fingerprint density at radius 2 is 0.670 bits per heavy atom. The van der Waals surface area contributed by atoms with Gasteiger partial charge in [0.2, 0.25) is 0 Å². The maximum atomic E-state index is 12.3. The first-order valence-electron chi connectivity index (χ1n) is 44.9. The molecule has 0 aliphatic heterocycles. The van der Waals surface area contributed by atoms with Crippen molar-refractivity contribution in [2.45, 2.75) is 405 Å². The van der Waals surface area contributed by atoms with Crippen LogP contribution in [-0.2, 0) is 57.2 Å². The molecule has 14 atom stereocenters. The van der Waals surface area contributed by atoms with E-state index >= 15 is 0 Å². The van der Waals surface area contributed by atoms with Crippen LogP contribution in [0.3, 0.4) is 0 Å². The van der Waals surface area contributed by atoms with Gasteiger partial charge in [-0.1, -0.05) is 156 Å². The van der Waals surface area contributed by atoms with Crippen LogP contribution in [0.15, 0.2) is 74.4 Å². The Labute approximate surface area is 662 Å². The van der Waals surface area contributed by atoms with Gasteiger partial charge in [-0.3, -0.25) is 0 Å². The fourth-order valence-corrected chi connectivity index (χ4v) is 26.2. The molecule has 16 aliphatic carbocycles. The molecule has 0 aromatic carbocycles. The highest BCUT2D eigenvalue weighted by Gasteiger charge is 2.62. The first kappa shape index (κ1) is 88.2. The number of hydrogen-bond acceptors (Lipinski definition) is 12. The van der Waals surface area contributed by atoms with Crippen molar-refractivity contribution in [2.75, 3.05) is 0 Å². The van der Waals surface area contributed by atoms with Crippen molar-refractivity contribution in [2.24, 2.45) is 93.7 Å². The zero-order chi connectivity index (χ0) is 79.2. The molecule has 0 aromatic heterocycles. The van der Waals surface area contributed by atoms with Gasteiger partial charge in [0.1, 0.15) is 33.6 Å². The Kier molecular flexibility index (Phi) is 31.2. The third kappa shape index (κ3) is 22.4. The quantitative estimate of drug-likeness (QED) is 0.0646. The monoisotopic (exact) mass is 1510 g/mol. The normalized spacial score (nSPS) is 38.3. The minimum Gasteiger partial charge on any atom is -0.456 e.